The lowest BCUT2D eigenvalue weighted by atomic mass is 9.91. The van der Waals surface area contributed by atoms with Crippen LogP contribution in [-0.4, -0.2) is 31.4 Å². The molecule has 5 rings (SSSR count). The number of aromatic nitrogens is 5. The summed E-state index contributed by atoms with van der Waals surface area (Å²) in [7, 11) is 1.67. The van der Waals surface area contributed by atoms with Crippen molar-refractivity contribution in [2.45, 2.75) is 32.2 Å². The third-order valence-electron chi connectivity index (χ3n) is 5.95. The van der Waals surface area contributed by atoms with Crippen LogP contribution in [0, 0.1) is 18.3 Å². The average molecular weight is 437 g/mol. The van der Waals surface area contributed by atoms with Gasteiger partial charge in [-0.15, -0.1) is 0 Å². The van der Waals surface area contributed by atoms with Crippen molar-refractivity contribution >= 4 is 12.2 Å². The fourth-order valence-electron chi connectivity index (χ4n) is 4.28. The Hall–Kier alpha value is -4.18. The second kappa shape index (κ2) is 8.75. The summed E-state index contributed by atoms with van der Waals surface area (Å²) in [6.07, 6.45) is 9.78. The Kier molecular flexibility index (Phi) is 5.49. The van der Waals surface area contributed by atoms with Crippen molar-refractivity contribution in [3.8, 4) is 17.5 Å². The number of fused-ring (bicyclic) bond motifs is 1. The zero-order chi connectivity index (χ0) is 22.8. The molecule has 2 aromatic heterocycles. The molecule has 1 aliphatic rings. The van der Waals surface area contributed by atoms with E-state index in [0.29, 0.717) is 11.4 Å². The maximum absolute atomic E-state index is 9.06. The van der Waals surface area contributed by atoms with Crippen LogP contribution in [0.25, 0.3) is 17.8 Å². The largest absolute Gasteiger partial charge is 0.495 e. The van der Waals surface area contributed by atoms with Gasteiger partial charge in [-0.3, -0.25) is 0 Å². The van der Waals surface area contributed by atoms with Gasteiger partial charge < -0.3 is 9.30 Å². The molecule has 1 aliphatic heterocycles. The van der Waals surface area contributed by atoms with Crippen molar-refractivity contribution < 1.29 is 4.74 Å². The van der Waals surface area contributed by atoms with Gasteiger partial charge in [0.05, 0.1) is 36.5 Å². The molecule has 0 saturated heterocycles. The van der Waals surface area contributed by atoms with Crippen LogP contribution >= 0.6 is 0 Å². The summed E-state index contributed by atoms with van der Waals surface area (Å²) in [6, 6.07) is 16.0. The summed E-state index contributed by atoms with van der Waals surface area (Å²) in [4.78, 5) is 9.13. The van der Waals surface area contributed by atoms with Crippen molar-refractivity contribution in [3.05, 3.63) is 89.0 Å². The van der Waals surface area contributed by atoms with E-state index in [-0.39, 0.29) is 5.92 Å². The maximum atomic E-state index is 9.06. The van der Waals surface area contributed by atoms with E-state index >= 15 is 0 Å². The van der Waals surface area contributed by atoms with Gasteiger partial charge in [0.25, 0.3) is 0 Å². The quantitative estimate of drug-likeness (QED) is 0.451. The van der Waals surface area contributed by atoms with E-state index in [4.69, 9.17) is 20.1 Å². The molecular formula is C26H24N6O. The number of hydrogen-bond donors (Lipinski definition) is 0. The fourth-order valence-corrected chi connectivity index (χ4v) is 4.28. The van der Waals surface area contributed by atoms with E-state index < -0.39 is 0 Å². The third-order valence-corrected chi connectivity index (χ3v) is 5.95. The lowest BCUT2D eigenvalue weighted by Crippen LogP contribution is -2.17. The second-order valence-electron chi connectivity index (χ2n) is 8.17. The monoisotopic (exact) mass is 436 g/mol. The summed E-state index contributed by atoms with van der Waals surface area (Å²) in [6.45, 7) is 2.83. The predicted octanol–water partition coefficient (Wildman–Crippen LogP) is 4.75. The zero-order valence-corrected chi connectivity index (χ0v) is 18.6. The number of nitrogens with zero attached hydrogens (tertiary/aromatic N) is 6. The first-order chi connectivity index (χ1) is 16.1. The summed E-state index contributed by atoms with van der Waals surface area (Å²) in [5, 5.41) is 13.8. The molecule has 2 aromatic carbocycles. The molecule has 3 heterocycles. The van der Waals surface area contributed by atoms with Gasteiger partial charge in [0.2, 0.25) is 0 Å². The highest BCUT2D eigenvalue weighted by Crippen LogP contribution is 2.32. The Morgan fingerprint density at radius 1 is 1.15 bits per heavy atom. The predicted molar refractivity (Wildman–Crippen MR) is 126 cm³/mol. The molecule has 0 amide bonds. The van der Waals surface area contributed by atoms with Crippen LogP contribution in [0.3, 0.4) is 0 Å². The highest BCUT2D eigenvalue weighted by Gasteiger charge is 2.25. The number of ether oxygens (including phenoxy) is 1. The van der Waals surface area contributed by atoms with Crippen LogP contribution in [0.15, 0.2) is 55.0 Å². The first-order valence-corrected chi connectivity index (χ1v) is 11.0. The Labute approximate surface area is 192 Å². The minimum absolute atomic E-state index is 0.194. The van der Waals surface area contributed by atoms with E-state index in [1.54, 1.807) is 13.4 Å². The molecule has 0 bridgehead atoms. The van der Waals surface area contributed by atoms with E-state index in [9.17, 15) is 0 Å². The van der Waals surface area contributed by atoms with Gasteiger partial charge >= 0.3 is 0 Å². The Balaban J connectivity index is 1.40. The van der Waals surface area contributed by atoms with E-state index in [1.807, 2.05) is 77.0 Å². The molecule has 164 valence electrons. The molecule has 33 heavy (non-hydrogen) atoms. The standard InChI is InChI=1S/C26H24N6O/c1-18-16-31(17-28-18)23-11-7-19(14-24(23)33-2)8-12-25-29-26-22(4-3-13-32(26)30-25)21-9-5-20(15-27)6-10-21/h5-12,14,16-17,22H,3-4,13H2,1-2H3/b12-8+. The van der Waals surface area contributed by atoms with Gasteiger partial charge in [0, 0.05) is 18.7 Å². The van der Waals surface area contributed by atoms with E-state index in [0.717, 1.165) is 47.9 Å². The number of benzene rings is 2. The summed E-state index contributed by atoms with van der Waals surface area (Å²) in [5.41, 5.74) is 4.74. The Morgan fingerprint density at radius 3 is 2.73 bits per heavy atom. The minimum atomic E-state index is 0.194. The van der Waals surface area contributed by atoms with Crippen molar-refractivity contribution in [1.29, 1.82) is 5.26 Å². The number of nitriles is 1. The lowest BCUT2D eigenvalue weighted by Gasteiger charge is -2.22. The summed E-state index contributed by atoms with van der Waals surface area (Å²) >= 11 is 0. The van der Waals surface area contributed by atoms with Crippen molar-refractivity contribution in [1.82, 2.24) is 24.3 Å². The van der Waals surface area contributed by atoms with Crippen molar-refractivity contribution in [3.63, 3.8) is 0 Å². The first-order valence-electron chi connectivity index (χ1n) is 11.0. The molecule has 0 spiro atoms. The molecule has 0 saturated carbocycles. The van der Waals surface area contributed by atoms with E-state index in [1.165, 1.54) is 5.56 Å². The van der Waals surface area contributed by atoms with Crippen LogP contribution in [0.4, 0.5) is 0 Å². The first kappa shape index (κ1) is 20.7. The van der Waals surface area contributed by atoms with Crippen LogP contribution in [0.2, 0.25) is 0 Å². The number of rotatable bonds is 5. The average Bonchev–Trinajstić information content (AvgIpc) is 3.48. The lowest BCUT2D eigenvalue weighted by molar-refractivity contribution is 0.413. The van der Waals surface area contributed by atoms with Crippen LogP contribution < -0.4 is 4.74 Å². The molecule has 0 aliphatic carbocycles. The molecule has 4 aromatic rings. The van der Waals surface area contributed by atoms with Crippen LogP contribution in [0.5, 0.6) is 5.75 Å². The molecular weight excluding hydrogens is 412 g/mol. The summed E-state index contributed by atoms with van der Waals surface area (Å²) < 4.78 is 9.57. The number of methoxy groups -OCH3 is 1. The number of hydrogen-bond acceptors (Lipinski definition) is 5. The van der Waals surface area contributed by atoms with Crippen molar-refractivity contribution in [2.24, 2.45) is 0 Å². The van der Waals surface area contributed by atoms with Gasteiger partial charge in [0.1, 0.15) is 11.6 Å². The van der Waals surface area contributed by atoms with Crippen molar-refractivity contribution in [2.75, 3.05) is 7.11 Å². The van der Waals surface area contributed by atoms with Gasteiger partial charge in [0.15, 0.2) is 5.82 Å². The summed E-state index contributed by atoms with van der Waals surface area (Å²) in [5.74, 6) is 2.64. The molecule has 7 nitrogen and oxygen atoms in total. The third kappa shape index (κ3) is 4.15. The molecule has 1 unspecified atom stereocenters. The topological polar surface area (TPSA) is 81.5 Å². The highest BCUT2D eigenvalue weighted by atomic mass is 16.5. The SMILES string of the molecule is COc1cc(/C=C/c2nc3n(n2)CCCC3c2ccc(C#N)cc2)ccc1-n1cnc(C)c1. The van der Waals surface area contributed by atoms with Gasteiger partial charge in [-0.2, -0.15) is 10.4 Å². The number of imidazole rings is 1. The molecule has 7 heteroatoms. The maximum Gasteiger partial charge on any atom is 0.174 e. The smallest absolute Gasteiger partial charge is 0.174 e. The van der Waals surface area contributed by atoms with Gasteiger partial charge in [-0.1, -0.05) is 24.3 Å². The highest BCUT2D eigenvalue weighted by molar-refractivity contribution is 5.69. The fraction of sp³-hybridized carbons (Fsp3) is 0.231. The Bertz CT molecular complexity index is 1360. The molecule has 0 radical (unpaired) electrons. The second-order valence-corrected chi connectivity index (χ2v) is 8.17. The van der Waals surface area contributed by atoms with Gasteiger partial charge in [-0.25, -0.2) is 14.6 Å². The number of aryl methyl sites for hydroxylation is 2. The van der Waals surface area contributed by atoms with E-state index in [2.05, 4.69) is 11.1 Å². The van der Waals surface area contributed by atoms with Gasteiger partial charge in [-0.05, 0) is 61.2 Å². The Morgan fingerprint density at radius 2 is 2.00 bits per heavy atom. The normalized spacial score (nSPS) is 15.4. The van der Waals surface area contributed by atoms with Crippen LogP contribution in [0.1, 0.15) is 52.8 Å². The minimum Gasteiger partial charge on any atom is -0.495 e. The van der Waals surface area contributed by atoms with Crippen LogP contribution in [-0.2, 0) is 6.54 Å². The molecule has 0 fully saturated rings. The molecule has 1 atom stereocenters. The molecule has 0 N–H and O–H groups in total. The zero-order valence-electron chi connectivity index (χ0n) is 18.6.